The van der Waals surface area contributed by atoms with E-state index in [0.717, 1.165) is 30.8 Å². The summed E-state index contributed by atoms with van der Waals surface area (Å²) in [7, 11) is 5.68. The van der Waals surface area contributed by atoms with Gasteiger partial charge >= 0.3 is 0 Å². The number of carbonyl (C=O) groups excluding carboxylic acids is 1. The molecule has 0 unspecified atom stereocenters. The zero-order chi connectivity index (χ0) is 19.6. The van der Waals surface area contributed by atoms with Crippen molar-refractivity contribution in [3.05, 3.63) is 47.3 Å². The van der Waals surface area contributed by atoms with Gasteiger partial charge < -0.3 is 20.3 Å². The Morgan fingerprint density at radius 3 is 2.56 bits per heavy atom. The minimum Gasteiger partial charge on any atom is -0.497 e. The number of nitrogens with one attached hydrogen (secondary N) is 2. The molecule has 0 aliphatic carbocycles. The van der Waals surface area contributed by atoms with Gasteiger partial charge in [-0.15, -0.1) is 0 Å². The quantitative estimate of drug-likeness (QED) is 0.623. The molecule has 7 heteroatoms. The Morgan fingerprint density at radius 2 is 1.89 bits per heavy atom. The van der Waals surface area contributed by atoms with Crippen molar-refractivity contribution in [1.82, 2.24) is 20.2 Å². The molecule has 2 rings (SSSR count). The van der Waals surface area contributed by atoms with Crippen molar-refractivity contribution in [3.8, 4) is 5.75 Å². The number of aryl methyl sites for hydroxylation is 1. The van der Waals surface area contributed by atoms with Crippen molar-refractivity contribution >= 4 is 11.9 Å². The van der Waals surface area contributed by atoms with Crippen molar-refractivity contribution in [2.45, 2.75) is 19.8 Å². The smallest absolute Gasteiger partial charge is 0.270 e. The van der Waals surface area contributed by atoms with Crippen molar-refractivity contribution < 1.29 is 9.53 Å². The van der Waals surface area contributed by atoms with Crippen LogP contribution in [0.5, 0.6) is 5.75 Å². The second-order valence-electron chi connectivity index (χ2n) is 6.66. The minimum absolute atomic E-state index is 0.169. The number of methoxy groups -OCH3 is 1. The summed E-state index contributed by atoms with van der Waals surface area (Å²) >= 11 is 0. The fourth-order valence-electron chi connectivity index (χ4n) is 2.56. The number of benzene rings is 1. The summed E-state index contributed by atoms with van der Waals surface area (Å²) in [6, 6.07) is 9.65. The number of nitrogens with zero attached hydrogens (tertiary/aromatic N) is 3. The number of carbonyl (C=O) groups is 1. The summed E-state index contributed by atoms with van der Waals surface area (Å²) in [5, 5.41) is 6.11. The first kappa shape index (κ1) is 20.6. The number of aromatic nitrogens is 2. The van der Waals surface area contributed by atoms with Gasteiger partial charge in [-0.3, -0.25) is 4.79 Å². The maximum absolute atomic E-state index is 12.3. The SMILES string of the molecule is COc1ccc(CCNc2nc(C)cc(C(=O)NCCCN(C)C)n2)cc1. The van der Waals surface area contributed by atoms with Gasteiger partial charge in [0.2, 0.25) is 5.95 Å². The minimum atomic E-state index is -0.169. The number of rotatable bonds is 10. The predicted molar refractivity (Wildman–Crippen MR) is 107 cm³/mol. The summed E-state index contributed by atoms with van der Waals surface area (Å²) < 4.78 is 5.16. The highest BCUT2D eigenvalue weighted by Gasteiger charge is 2.10. The number of amides is 1. The van der Waals surface area contributed by atoms with Crippen LogP contribution in [0.3, 0.4) is 0 Å². The Balaban J connectivity index is 1.86. The standard InChI is InChI=1S/C20H29N5O2/c1-15-14-18(19(26)21-11-5-13-25(2)3)24-20(23-15)22-12-10-16-6-8-17(27-4)9-7-16/h6-9,14H,5,10-13H2,1-4H3,(H,21,26)(H,22,23,24). The molecule has 0 spiro atoms. The lowest BCUT2D eigenvalue weighted by atomic mass is 10.1. The molecule has 1 aromatic heterocycles. The first-order chi connectivity index (χ1) is 13.0. The van der Waals surface area contributed by atoms with Crippen LogP contribution in [-0.4, -0.2) is 61.6 Å². The summed E-state index contributed by atoms with van der Waals surface area (Å²) in [5.41, 5.74) is 2.34. The molecule has 1 heterocycles. The topological polar surface area (TPSA) is 79.4 Å². The Labute approximate surface area is 161 Å². The molecule has 0 saturated carbocycles. The molecule has 0 saturated heterocycles. The molecule has 0 aliphatic heterocycles. The summed E-state index contributed by atoms with van der Waals surface area (Å²) in [4.78, 5) is 23.1. The van der Waals surface area contributed by atoms with E-state index >= 15 is 0 Å². The summed E-state index contributed by atoms with van der Waals surface area (Å²) in [5.74, 6) is 1.15. The van der Waals surface area contributed by atoms with Crippen LogP contribution in [0.25, 0.3) is 0 Å². The normalized spacial score (nSPS) is 10.7. The van der Waals surface area contributed by atoms with E-state index in [1.807, 2.05) is 45.3 Å². The van der Waals surface area contributed by atoms with Gasteiger partial charge in [0.05, 0.1) is 7.11 Å². The molecule has 0 aliphatic rings. The summed E-state index contributed by atoms with van der Waals surface area (Å²) in [6.45, 7) is 4.10. The van der Waals surface area contributed by atoms with Crippen molar-refractivity contribution in [2.75, 3.05) is 46.2 Å². The van der Waals surface area contributed by atoms with E-state index in [0.29, 0.717) is 24.7 Å². The van der Waals surface area contributed by atoms with Gasteiger partial charge in [0.25, 0.3) is 5.91 Å². The molecule has 0 radical (unpaired) electrons. The van der Waals surface area contributed by atoms with Crippen LogP contribution in [0.1, 0.15) is 28.2 Å². The van der Waals surface area contributed by atoms with E-state index in [2.05, 4.69) is 25.5 Å². The zero-order valence-corrected chi connectivity index (χ0v) is 16.6. The van der Waals surface area contributed by atoms with Gasteiger partial charge in [-0.05, 0) is 64.2 Å². The van der Waals surface area contributed by atoms with Gasteiger partial charge in [0.1, 0.15) is 11.4 Å². The van der Waals surface area contributed by atoms with Crippen LogP contribution in [-0.2, 0) is 6.42 Å². The average Bonchev–Trinajstić information content (AvgIpc) is 2.65. The molecule has 2 N–H and O–H groups in total. The van der Waals surface area contributed by atoms with Gasteiger partial charge in [-0.2, -0.15) is 0 Å². The van der Waals surface area contributed by atoms with E-state index < -0.39 is 0 Å². The lowest BCUT2D eigenvalue weighted by molar-refractivity contribution is 0.0947. The van der Waals surface area contributed by atoms with Crippen LogP contribution in [0.2, 0.25) is 0 Å². The number of ether oxygens (including phenoxy) is 1. The van der Waals surface area contributed by atoms with Crippen LogP contribution in [0.15, 0.2) is 30.3 Å². The third-order valence-electron chi connectivity index (χ3n) is 4.01. The van der Waals surface area contributed by atoms with Crippen LogP contribution in [0, 0.1) is 6.92 Å². The highest BCUT2D eigenvalue weighted by atomic mass is 16.5. The first-order valence-electron chi connectivity index (χ1n) is 9.13. The van der Waals surface area contributed by atoms with E-state index in [-0.39, 0.29) is 5.91 Å². The highest BCUT2D eigenvalue weighted by Crippen LogP contribution is 2.12. The first-order valence-corrected chi connectivity index (χ1v) is 9.13. The Morgan fingerprint density at radius 1 is 1.15 bits per heavy atom. The predicted octanol–water partition coefficient (Wildman–Crippen LogP) is 2.13. The van der Waals surface area contributed by atoms with E-state index in [1.165, 1.54) is 5.56 Å². The average molecular weight is 371 g/mol. The van der Waals surface area contributed by atoms with E-state index in [4.69, 9.17) is 4.74 Å². The highest BCUT2D eigenvalue weighted by molar-refractivity contribution is 5.92. The fourth-order valence-corrected chi connectivity index (χ4v) is 2.56. The lowest BCUT2D eigenvalue weighted by Gasteiger charge is -2.11. The molecule has 0 atom stereocenters. The molecule has 7 nitrogen and oxygen atoms in total. The Kier molecular flexibility index (Phi) is 8.00. The summed E-state index contributed by atoms with van der Waals surface area (Å²) in [6.07, 6.45) is 1.73. The molecule has 2 aromatic rings. The lowest BCUT2D eigenvalue weighted by Crippen LogP contribution is -2.28. The van der Waals surface area contributed by atoms with Crippen LogP contribution >= 0.6 is 0 Å². The maximum atomic E-state index is 12.3. The monoisotopic (exact) mass is 371 g/mol. The van der Waals surface area contributed by atoms with Crippen molar-refractivity contribution in [1.29, 1.82) is 0 Å². The number of anilines is 1. The largest absolute Gasteiger partial charge is 0.497 e. The zero-order valence-electron chi connectivity index (χ0n) is 16.6. The fraction of sp³-hybridized carbons (Fsp3) is 0.450. The maximum Gasteiger partial charge on any atom is 0.270 e. The Bertz CT molecular complexity index is 732. The van der Waals surface area contributed by atoms with E-state index in [9.17, 15) is 4.79 Å². The third kappa shape index (κ3) is 7.22. The number of hydrogen-bond donors (Lipinski definition) is 2. The molecule has 27 heavy (non-hydrogen) atoms. The molecule has 1 amide bonds. The second-order valence-corrected chi connectivity index (χ2v) is 6.66. The molecular formula is C20H29N5O2. The van der Waals surface area contributed by atoms with E-state index in [1.54, 1.807) is 13.2 Å². The third-order valence-corrected chi connectivity index (χ3v) is 4.01. The van der Waals surface area contributed by atoms with Crippen LogP contribution < -0.4 is 15.4 Å². The van der Waals surface area contributed by atoms with Crippen LogP contribution in [0.4, 0.5) is 5.95 Å². The van der Waals surface area contributed by atoms with Gasteiger partial charge in [0.15, 0.2) is 0 Å². The second kappa shape index (κ2) is 10.5. The molecule has 0 bridgehead atoms. The number of hydrogen-bond acceptors (Lipinski definition) is 6. The van der Waals surface area contributed by atoms with Gasteiger partial charge in [-0.1, -0.05) is 12.1 Å². The molecule has 1 aromatic carbocycles. The molecule has 0 fully saturated rings. The van der Waals surface area contributed by atoms with Gasteiger partial charge in [-0.25, -0.2) is 9.97 Å². The molecule has 146 valence electrons. The molecular weight excluding hydrogens is 342 g/mol. The van der Waals surface area contributed by atoms with Gasteiger partial charge in [0, 0.05) is 18.8 Å². The Hall–Kier alpha value is -2.67. The van der Waals surface area contributed by atoms with Crippen molar-refractivity contribution in [3.63, 3.8) is 0 Å². The van der Waals surface area contributed by atoms with Crippen molar-refractivity contribution in [2.24, 2.45) is 0 Å².